The molecule has 0 radical (unpaired) electrons. The first-order valence-electron chi connectivity index (χ1n) is 3.23. The topological polar surface area (TPSA) is 67.5 Å². The second-order valence-corrected chi connectivity index (χ2v) is 2.03. The minimum Gasteiger partial charge on any atom is -0.366 e. The zero-order valence-corrected chi connectivity index (χ0v) is 5.95. The predicted octanol–water partition coefficient (Wildman–Crippen LogP) is -0.457. The number of allylic oxidation sites excluding steroid dienone is 1. The second kappa shape index (κ2) is 3.55. The van der Waals surface area contributed by atoms with Crippen LogP contribution in [0.25, 0.3) is 0 Å². The van der Waals surface area contributed by atoms with Crippen molar-refractivity contribution >= 4 is 12.1 Å². The van der Waals surface area contributed by atoms with Crippen LogP contribution in [0.4, 0.5) is 0 Å². The van der Waals surface area contributed by atoms with Crippen LogP contribution >= 0.6 is 0 Å². The van der Waals surface area contributed by atoms with Crippen molar-refractivity contribution in [1.82, 2.24) is 5.43 Å². The van der Waals surface area contributed by atoms with Gasteiger partial charge < -0.3 is 11.2 Å². The molecule has 1 amide bonds. The van der Waals surface area contributed by atoms with E-state index in [-0.39, 0.29) is 0 Å². The molecule has 4 nitrogen and oxygen atoms in total. The van der Waals surface area contributed by atoms with Gasteiger partial charge in [-0.3, -0.25) is 4.79 Å². The Kier molecular flexibility index (Phi) is 2.43. The van der Waals surface area contributed by atoms with Gasteiger partial charge in [0.25, 0.3) is 0 Å². The zero-order valence-electron chi connectivity index (χ0n) is 5.95. The lowest BCUT2D eigenvalue weighted by Gasteiger charge is -1.98. The molecule has 0 aliphatic carbocycles. The fraction of sp³-hybridized carbons (Fsp3) is 0.143. The molecule has 4 heteroatoms. The first-order valence-corrected chi connectivity index (χ1v) is 3.23. The van der Waals surface area contributed by atoms with Crippen LogP contribution < -0.4 is 11.2 Å². The maximum Gasteiger partial charge on any atom is 0.248 e. The van der Waals surface area contributed by atoms with E-state index in [1.54, 1.807) is 18.2 Å². The molecular formula is C7H9N3O. The summed E-state index contributed by atoms with van der Waals surface area (Å²) in [6.07, 6.45) is 6.52. The number of hydrogen-bond acceptors (Lipinski definition) is 3. The van der Waals surface area contributed by atoms with Crippen LogP contribution in [0, 0.1) is 0 Å². The minimum absolute atomic E-state index is 0.436. The molecular weight excluding hydrogens is 142 g/mol. The van der Waals surface area contributed by atoms with E-state index >= 15 is 0 Å². The van der Waals surface area contributed by atoms with Crippen molar-refractivity contribution in [1.29, 1.82) is 0 Å². The Morgan fingerprint density at radius 3 is 3.27 bits per heavy atom. The molecule has 11 heavy (non-hydrogen) atoms. The van der Waals surface area contributed by atoms with E-state index < -0.39 is 5.91 Å². The van der Waals surface area contributed by atoms with Gasteiger partial charge in [0.1, 0.15) is 0 Å². The monoisotopic (exact) mass is 151 g/mol. The number of hydrogen-bond donors (Lipinski definition) is 2. The number of primary amides is 1. The molecule has 0 aromatic heterocycles. The standard InChI is InChI=1S/C7H9N3O/c8-7(11)6-2-1-4-9-10-5-3-6/h1-3,5,9H,4H2,(H2,8,11). The third-order valence-corrected chi connectivity index (χ3v) is 1.21. The molecule has 58 valence electrons. The van der Waals surface area contributed by atoms with Crippen LogP contribution in [0.2, 0.25) is 0 Å². The SMILES string of the molecule is NC(=O)C1=CC=NNCC=C1. The molecule has 0 atom stereocenters. The number of hydrazone groups is 1. The number of nitrogens with zero attached hydrogens (tertiary/aromatic N) is 1. The van der Waals surface area contributed by atoms with Gasteiger partial charge in [0.2, 0.25) is 5.91 Å². The van der Waals surface area contributed by atoms with Crippen molar-refractivity contribution < 1.29 is 4.79 Å². The second-order valence-electron chi connectivity index (χ2n) is 2.03. The molecule has 1 aliphatic heterocycles. The highest BCUT2D eigenvalue weighted by Gasteiger charge is 1.98. The number of rotatable bonds is 1. The first-order chi connectivity index (χ1) is 5.30. The summed E-state index contributed by atoms with van der Waals surface area (Å²) in [4.78, 5) is 10.6. The van der Waals surface area contributed by atoms with E-state index in [9.17, 15) is 4.79 Å². The summed E-state index contributed by atoms with van der Waals surface area (Å²) in [6.45, 7) is 0.612. The van der Waals surface area contributed by atoms with E-state index in [1.165, 1.54) is 6.21 Å². The third kappa shape index (κ3) is 2.25. The Labute approximate surface area is 64.5 Å². The van der Waals surface area contributed by atoms with E-state index in [2.05, 4.69) is 10.5 Å². The fourth-order valence-corrected chi connectivity index (χ4v) is 0.681. The summed E-state index contributed by atoms with van der Waals surface area (Å²) in [5.74, 6) is -0.436. The van der Waals surface area contributed by atoms with Crippen LogP contribution in [0.15, 0.2) is 28.9 Å². The molecule has 0 saturated heterocycles. The van der Waals surface area contributed by atoms with Crippen LogP contribution in [-0.4, -0.2) is 18.7 Å². The van der Waals surface area contributed by atoms with Gasteiger partial charge in [0, 0.05) is 11.8 Å². The molecule has 0 spiro atoms. The Morgan fingerprint density at radius 1 is 1.73 bits per heavy atom. The summed E-state index contributed by atoms with van der Waals surface area (Å²) >= 11 is 0. The van der Waals surface area contributed by atoms with Gasteiger partial charge in [0.05, 0.1) is 6.54 Å². The van der Waals surface area contributed by atoms with Crippen molar-refractivity contribution in [2.75, 3.05) is 6.54 Å². The Balaban J connectivity index is 2.81. The predicted molar refractivity (Wildman–Crippen MR) is 42.9 cm³/mol. The molecule has 0 saturated carbocycles. The number of nitrogens with two attached hydrogens (primary N) is 1. The van der Waals surface area contributed by atoms with Crippen molar-refractivity contribution in [2.45, 2.75) is 0 Å². The van der Waals surface area contributed by atoms with Crippen LogP contribution in [0.1, 0.15) is 0 Å². The van der Waals surface area contributed by atoms with Crippen molar-refractivity contribution in [2.24, 2.45) is 10.8 Å². The van der Waals surface area contributed by atoms with Gasteiger partial charge in [-0.1, -0.05) is 12.2 Å². The lowest BCUT2D eigenvalue weighted by molar-refractivity contribution is -0.114. The lowest BCUT2D eigenvalue weighted by atomic mass is 10.2. The van der Waals surface area contributed by atoms with E-state index in [1.807, 2.05) is 0 Å². The summed E-state index contributed by atoms with van der Waals surface area (Å²) in [5.41, 5.74) is 8.25. The summed E-state index contributed by atoms with van der Waals surface area (Å²) in [6, 6.07) is 0. The van der Waals surface area contributed by atoms with Crippen molar-refractivity contribution in [3.63, 3.8) is 0 Å². The number of carbonyl (C=O) groups is 1. The van der Waals surface area contributed by atoms with Gasteiger partial charge in [-0.2, -0.15) is 5.10 Å². The van der Waals surface area contributed by atoms with Gasteiger partial charge in [-0.15, -0.1) is 0 Å². The number of carbonyl (C=O) groups excluding carboxylic acids is 1. The lowest BCUT2D eigenvalue weighted by Crippen LogP contribution is -2.14. The molecule has 0 aromatic carbocycles. The van der Waals surface area contributed by atoms with Crippen LogP contribution in [-0.2, 0) is 4.79 Å². The minimum atomic E-state index is -0.436. The third-order valence-electron chi connectivity index (χ3n) is 1.21. The molecule has 1 rings (SSSR count). The fourth-order valence-electron chi connectivity index (χ4n) is 0.681. The van der Waals surface area contributed by atoms with Crippen molar-refractivity contribution in [3.05, 3.63) is 23.8 Å². The normalized spacial score (nSPS) is 16.2. The van der Waals surface area contributed by atoms with Gasteiger partial charge in [-0.25, -0.2) is 0 Å². The average molecular weight is 151 g/mol. The molecule has 0 bridgehead atoms. The van der Waals surface area contributed by atoms with Crippen LogP contribution in [0.5, 0.6) is 0 Å². The molecule has 0 unspecified atom stereocenters. The molecule has 1 heterocycles. The van der Waals surface area contributed by atoms with Gasteiger partial charge in [0.15, 0.2) is 0 Å². The van der Waals surface area contributed by atoms with E-state index in [4.69, 9.17) is 5.73 Å². The molecule has 0 aromatic rings. The highest BCUT2D eigenvalue weighted by molar-refractivity contribution is 5.98. The highest BCUT2D eigenvalue weighted by atomic mass is 16.1. The maximum absolute atomic E-state index is 10.6. The van der Waals surface area contributed by atoms with Crippen LogP contribution in [0.3, 0.4) is 0 Å². The number of nitrogens with one attached hydrogen (secondary N) is 1. The highest BCUT2D eigenvalue weighted by Crippen LogP contribution is 1.94. The summed E-state index contributed by atoms with van der Waals surface area (Å²) in [7, 11) is 0. The largest absolute Gasteiger partial charge is 0.366 e. The Bertz CT molecular complexity index is 240. The van der Waals surface area contributed by atoms with Gasteiger partial charge >= 0.3 is 0 Å². The smallest absolute Gasteiger partial charge is 0.248 e. The van der Waals surface area contributed by atoms with E-state index in [0.717, 1.165) is 0 Å². The van der Waals surface area contributed by atoms with E-state index in [0.29, 0.717) is 12.1 Å². The average Bonchev–Trinajstić information content (AvgIpc) is 1.84. The molecule has 1 aliphatic rings. The summed E-state index contributed by atoms with van der Waals surface area (Å²) in [5, 5.41) is 3.75. The summed E-state index contributed by atoms with van der Waals surface area (Å²) < 4.78 is 0. The van der Waals surface area contributed by atoms with Gasteiger partial charge in [-0.05, 0) is 6.08 Å². The zero-order chi connectivity index (χ0) is 8.10. The first kappa shape index (κ1) is 7.53. The maximum atomic E-state index is 10.6. The van der Waals surface area contributed by atoms with Crippen molar-refractivity contribution in [3.8, 4) is 0 Å². The Hall–Kier alpha value is -1.58. The number of amides is 1. The quantitative estimate of drug-likeness (QED) is 0.532. The molecule has 3 N–H and O–H groups in total. The Morgan fingerprint density at radius 2 is 2.55 bits per heavy atom. The molecule has 0 fully saturated rings.